The average molecular weight is 256 g/mol. The molecule has 2 unspecified atom stereocenters. The number of aromatic nitrogens is 8. The van der Waals surface area contributed by atoms with Crippen molar-refractivity contribution in [1.29, 1.82) is 0 Å². The molecular formula is C8H16N8O2. The van der Waals surface area contributed by atoms with Crippen molar-refractivity contribution in [3.63, 3.8) is 0 Å². The number of hydrogen-bond acceptors (Lipinski definition) is 8. The highest BCUT2D eigenvalue weighted by atomic mass is 16.3. The van der Waals surface area contributed by atoms with Crippen LogP contribution in [0.2, 0.25) is 0 Å². The Morgan fingerprint density at radius 1 is 1.06 bits per heavy atom. The highest BCUT2D eigenvalue weighted by Gasteiger charge is 2.02. The normalized spacial score (nSPS) is 13.6. The predicted octanol–water partition coefficient (Wildman–Crippen LogP) is -1.55. The van der Waals surface area contributed by atoms with Gasteiger partial charge in [-0.1, -0.05) is 0 Å². The number of hydrogen-bond donors (Lipinski definition) is 2. The first-order valence-electron chi connectivity index (χ1n) is 5.35. The van der Waals surface area contributed by atoms with Gasteiger partial charge in [0.25, 0.3) is 0 Å². The zero-order chi connectivity index (χ0) is 13.4. The second-order valence-electron chi connectivity index (χ2n) is 3.61. The standard InChI is InChI=1S/2C4H8N4O/c1-4(2-9)8-3-5-6-7-8;1-4(2-9)8-6-3-5-7-8/h2*3-4,9H,2H2,1H3. The third-order valence-electron chi connectivity index (χ3n) is 2.10. The van der Waals surface area contributed by atoms with Gasteiger partial charge in [-0.15, -0.1) is 15.3 Å². The monoisotopic (exact) mass is 256 g/mol. The van der Waals surface area contributed by atoms with E-state index in [1.165, 1.54) is 22.1 Å². The molecule has 0 aliphatic rings. The fourth-order valence-corrected chi connectivity index (χ4v) is 0.904. The lowest BCUT2D eigenvalue weighted by Crippen LogP contribution is -2.12. The number of aliphatic hydroxyl groups is 2. The molecular weight excluding hydrogens is 240 g/mol. The molecule has 0 saturated carbocycles. The maximum Gasteiger partial charge on any atom is 0.162 e. The first-order chi connectivity index (χ1) is 8.69. The van der Waals surface area contributed by atoms with E-state index in [2.05, 4.69) is 30.9 Å². The topological polar surface area (TPSA) is 128 Å². The largest absolute Gasteiger partial charge is 0.394 e. The van der Waals surface area contributed by atoms with Crippen LogP contribution in [0.15, 0.2) is 12.7 Å². The molecule has 0 aliphatic carbocycles. The second-order valence-corrected chi connectivity index (χ2v) is 3.61. The van der Waals surface area contributed by atoms with Crippen molar-refractivity contribution < 1.29 is 10.2 Å². The fraction of sp³-hybridized carbons (Fsp3) is 0.750. The van der Waals surface area contributed by atoms with E-state index in [0.717, 1.165) is 0 Å². The zero-order valence-corrected chi connectivity index (χ0v) is 10.2. The molecule has 2 heterocycles. The minimum absolute atomic E-state index is 0.0278. The molecule has 0 spiro atoms. The van der Waals surface area contributed by atoms with Gasteiger partial charge in [0.05, 0.1) is 25.3 Å². The molecule has 0 saturated heterocycles. The molecule has 2 aromatic rings. The van der Waals surface area contributed by atoms with Crippen LogP contribution in [-0.4, -0.2) is 63.8 Å². The highest BCUT2D eigenvalue weighted by Crippen LogP contribution is 1.96. The molecule has 10 nitrogen and oxygen atoms in total. The number of nitrogens with zero attached hydrogens (tertiary/aromatic N) is 8. The van der Waals surface area contributed by atoms with Gasteiger partial charge < -0.3 is 10.2 Å². The third kappa shape index (κ3) is 4.14. The molecule has 0 amide bonds. The summed E-state index contributed by atoms with van der Waals surface area (Å²) < 4.78 is 1.50. The van der Waals surface area contributed by atoms with Crippen LogP contribution in [0.1, 0.15) is 25.9 Å². The van der Waals surface area contributed by atoms with E-state index < -0.39 is 0 Å². The van der Waals surface area contributed by atoms with Gasteiger partial charge in [-0.3, -0.25) is 0 Å². The maximum absolute atomic E-state index is 8.59. The van der Waals surface area contributed by atoms with Crippen LogP contribution >= 0.6 is 0 Å². The Kier molecular flexibility index (Phi) is 5.80. The lowest BCUT2D eigenvalue weighted by Gasteiger charge is -2.03. The van der Waals surface area contributed by atoms with E-state index in [1.54, 1.807) is 0 Å². The Balaban J connectivity index is 0.000000180. The van der Waals surface area contributed by atoms with Crippen LogP contribution in [0.25, 0.3) is 0 Å². The summed E-state index contributed by atoms with van der Waals surface area (Å²) in [5.74, 6) is 0. The van der Waals surface area contributed by atoms with Gasteiger partial charge >= 0.3 is 0 Å². The van der Waals surface area contributed by atoms with Gasteiger partial charge in [0.1, 0.15) is 6.33 Å². The smallest absolute Gasteiger partial charge is 0.162 e. The lowest BCUT2D eigenvalue weighted by atomic mass is 10.4. The fourth-order valence-electron chi connectivity index (χ4n) is 0.904. The molecule has 2 N–H and O–H groups in total. The summed E-state index contributed by atoms with van der Waals surface area (Å²) in [5.41, 5.74) is 0. The van der Waals surface area contributed by atoms with Crippen molar-refractivity contribution >= 4 is 0 Å². The molecule has 0 fully saturated rings. The molecule has 2 aromatic heterocycles. The minimum Gasteiger partial charge on any atom is -0.394 e. The molecule has 0 aromatic carbocycles. The van der Waals surface area contributed by atoms with E-state index >= 15 is 0 Å². The Morgan fingerprint density at radius 2 is 1.78 bits per heavy atom. The highest BCUT2D eigenvalue weighted by molar-refractivity contribution is 4.56. The van der Waals surface area contributed by atoms with Crippen LogP contribution in [-0.2, 0) is 0 Å². The quantitative estimate of drug-likeness (QED) is 0.673. The van der Waals surface area contributed by atoms with Crippen LogP contribution in [0.4, 0.5) is 0 Å². The number of tetrazole rings is 2. The molecule has 100 valence electrons. The van der Waals surface area contributed by atoms with Crippen molar-refractivity contribution in [2.75, 3.05) is 13.2 Å². The van der Waals surface area contributed by atoms with E-state index in [-0.39, 0.29) is 25.3 Å². The van der Waals surface area contributed by atoms with Gasteiger partial charge in [0.15, 0.2) is 6.33 Å². The summed E-state index contributed by atoms with van der Waals surface area (Å²) in [6.07, 6.45) is 2.81. The van der Waals surface area contributed by atoms with E-state index in [0.29, 0.717) is 0 Å². The second kappa shape index (κ2) is 7.40. The Hall–Kier alpha value is -1.94. The summed E-state index contributed by atoms with van der Waals surface area (Å²) in [7, 11) is 0. The number of rotatable bonds is 4. The molecule has 0 aliphatic heterocycles. The van der Waals surface area contributed by atoms with Crippen LogP contribution in [0.5, 0.6) is 0 Å². The SMILES string of the molecule is CC(CO)n1cnnn1.CC(CO)n1ncnn1. The molecule has 10 heteroatoms. The van der Waals surface area contributed by atoms with E-state index in [4.69, 9.17) is 10.2 Å². The predicted molar refractivity (Wildman–Crippen MR) is 59.2 cm³/mol. The maximum atomic E-state index is 8.59. The van der Waals surface area contributed by atoms with Gasteiger partial charge in [0.2, 0.25) is 0 Å². The van der Waals surface area contributed by atoms with Gasteiger partial charge in [0, 0.05) is 0 Å². The van der Waals surface area contributed by atoms with Crippen LogP contribution < -0.4 is 0 Å². The lowest BCUT2D eigenvalue weighted by molar-refractivity contribution is 0.216. The van der Waals surface area contributed by atoms with Gasteiger partial charge in [-0.25, -0.2) is 4.68 Å². The van der Waals surface area contributed by atoms with Crippen molar-refractivity contribution in [3.8, 4) is 0 Å². The van der Waals surface area contributed by atoms with E-state index in [1.807, 2.05) is 13.8 Å². The molecule has 18 heavy (non-hydrogen) atoms. The van der Waals surface area contributed by atoms with Crippen molar-refractivity contribution in [3.05, 3.63) is 12.7 Å². The third-order valence-corrected chi connectivity index (χ3v) is 2.10. The van der Waals surface area contributed by atoms with Crippen LogP contribution in [0, 0.1) is 0 Å². The average Bonchev–Trinajstić information content (AvgIpc) is 3.09. The summed E-state index contributed by atoms with van der Waals surface area (Å²) in [6.45, 7) is 3.74. The van der Waals surface area contributed by atoms with Gasteiger partial charge in [-0.05, 0) is 29.5 Å². The van der Waals surface area contributed by atoms with Crippen molar-refractivity contribution in [2.24, 2.45) is 0 Å². The summed E-state index contributed by atoms with van der Waals surface area (Å²) in [5, 5.41) is 38.4. The Bertz CT molecular complexity index is 362. The molecule has 2 rings (SSSR count). The molecule has 0 bridgehead atoms. The first-order valence-corrected chi connectivity index (χ1v) is 5.35. The van der Waals surface area contributed by atoms with Crippen molar-refractivity contribution in [2.45, 2.75) is 25.9 Å². The summed E-state index contributed by atoms with van der Waals surface area (Å²) in [4.78, 5) is 1.36. The number of aliphatic hydroxyl groups excluding tert-OH is 2. The van der Waals surface area contributed by atoms with Gasteiger partial charge in [-0.2, -0.15) is 4.80 Å². The minimum atomic E-state index is -0.0764. The molecule has 2 atom stereocenters. The zero-order valence-electron chi connectivity index (χ0n) is 10.2. The summed E-state index contributed by atoms with van der Waals surface area (Å²) in [6, 6.07) is -0.104. The summed E-state index contributed by atoms with van der Waals surface area (Å²) >= 11 is 0. The Labute approximate surface area is 103 Å². The van der Waals surface area contributed by atoms with Crippen molar-refractivity contribution in [1.82, 2.24) is 40.4 Å². The van der Waals surface area contributed by atoms with Crippen LogP contribution in [0.3, 0.4) is 0 Å². The first kappa shape index (κ1) is 14.1. The molecule has 0 radical (unpaired) electrons. The Morgan fingerprint density at radius 3 is 2.22 bits per heavy atom. The van der Waals surface area contributed by atoms with E-state index in [9.17, 15) is 0 Å².